The Hall–Kier alpha value is -0.970. The van der Waals surface area contributed by atoms with Gasteiger partial charge >= 0.3 is 0 Å². The van der Waals surface area contributed by atoms with Crippen LogP contribution in [0.1, 0.15) is 32.4 Å². The molecule has 0 aliphatic carbocycles. The number of hydrogen-bond donors (Lipinski definition) is 3. The second-order valence-electron chi connectivity index (χ2n) is 4.51. The number of nitrogens with two attached hydrogens (primary N) is 3. The minimum atomic E-state index is -0.631. The molecule has 16 heavy (non-hydrogen) atoms. The number of hydrogen-bond acceptors (Lipinski definition) is 4. The molecule has 0 aliphatic rings. The average molecular weight is 222 g/mol. The van der Waals surface area contributed by atoms with Crippen LogP contribution in [0.5, 0.6) is 0 Å². The lowest BCUT2D eigenvalue weighted by molar-refractivity contribution is 0.337. The molecule has 0 spiro atoms. The summed E-state index contributed by atoms with van der Waals surface area (Å²) in [6, 6.07) is 5.60. The van der Waals surface area contributed by atoms with Crippen molar-refractivity contribution in [1.82, 2.24) is 4.98 Å². The second-order valence-corrected chi connectivity index (χ2v) is 4.51. The number of rotatable bonds is 5. The maximum atomic E-state index is 6.24. The van der Waals surface area contributed by atoms with E-state index in [0.29, 0.717) is 6.42 Å². The Labute approximate surface area is 97.2 Å². The molecule has 3 unspecified atom stereocenters. The molecule has 0 saturated heterocycles. The summed E-state index contributed by atoms with van der Waals surface area (Å²) in [4.78, 5) is 4.26. The number of pyridine rings is 1. The highest BCUT2D eigenvalue weighted by atomic mass is 14.9. The van der Waals surface area contributed by atoms with E-state index in [2.05, 4.69) is 4.98 Å². The van der Waals surface area contributed by atoms with E-state index in [1.54, 1.807) is 6.20 Å². The Balaban J connectivity index is 2.77. The van der Waals surface area contributed by atoms with Crippen molar-refractivity contribution < 1.29 is 0 Å². The summed E-state index contributed by atoms with van der Waals surface area (Å²) in [7, 11) is 0. The lowest BCUT2D eigenvalue weighted by Crippen LogP contribution is -2.52. The number of nitrogens with zero attached hydrogens (tertiary/aromatic N) is 1. The van der Waals surface area contributed by atoms with Gasteiger partial charge in [-0.3, -0.25) is 4.98 Å². The summed E-state index contributed by atoms with van der Waals surface area (Å²) in [6.45, 7) is 3.95. The predicted octanol–water partition coefficient (Wildman–Crippen LogP) is 0.710. The van der Waals surface area contributed by atoms with Crippen molar-refractivity contribution in [3.8, 4) is 0 Å². The van der Waals surface area contributed by atoms with Crippen LogP contribution in [0.3, 0.4) is 0 Å². The quantitative estimate of drug-likeness (QED) is 0.684. The molecule has 0 amide bonds. The minimum Gasteiger partial charge on any atom is -0.328 e. The fraction of sp³-hybridized carbons (Fsp3) is 0.583. The van der Waals surface area contributed by atoms with Gasteiger partial charge in [-0.1, -0.05) is 13.0 Å². The maximum absolute atomic E-state index is 6.24. The first kappa shape index (κ1) is 13.1. The average Bonchev–Trinajstić information content (AvgIpc) is 2.29. The molecule has 1 aromatic rings. The van der Waals surface area contributed by atoms with Crippen LogP contribution in [0, 0.1) is 0 Å². The van der Waals surface area contributed by atoms with E-state index in [0.717, 1.165) is 12.1 Å². The fourth-order valence-corrected chi connectivity index (χ4v) is 1.61. The van der Waals surface area contributed by atoms with Crippen LogP contribution in [0.15, 0.2) is 24.4 Å². The smallest absolute Gasteiger partial charge is 0.0708 e. The Morgan fingerprint density at radius 1 is 1.38 bits per heavy atom. The largest absolute Gasteiger partial charge is 0.328 e. The SMILES string of the molecule is CCC(N)CC(N)C(C)(N)c1ccccn1. The Morgan fingerprint density at radius 3 is 2.56 bits per heavy atom. The van der Waals surface area contributed by atoms with E-state index >= 15 is 0 Å². The third-order valence-corrected chi connectivity index (χ3v) is 3.07. The molecule has 90 valence electrons. The molecular formula is C12H22N4. The molecule has 4 heteroatoms. The highest BCUT2D eigenvalue weighted by molar-refractivity contribution is 5.16. The lowest BCUT2D eigenvalue weighted by Gasteiger charge is -2.32. The van der Waals surface area contributed by atoms with Gasteiger partial charge in [-0.15, -0.1) is 0 Å². The van der Waals surface area contributed by atoms with Gasteiger partial charge in [0.25, 0.3) is 0 Å². The van der Waals surface area contributed by atoms with Gasteiger partial charge in [0, 0.05) is 18.3 Å². The van der Waals surface area contributed by atoms with Crippen molar-refractivity contribution in [2.24, 2.45) is 17.2 Å². The van der Waals surface area contributed by atoms with Crippen LogP contribution in [0.4, 0.5) is 0 Å². The van der Waals surface area contributed by atoms with Gasteiger partial charge in [-0.25, -0.2) is 0 Å². The Morgan fingerprint density at radius 2 is 2.06 bits per heavy atom. The summed E-state index contributed by atoms with van der Waals surface area (Å²) >= 11 is 0. The van der Waals surface area contributed by atoms with Crippen LogP contribution < -0.4 is 17.2 Å². The zero-order valence-electron chi connectivity index (χ0n) is 10.1. The molecule has 0 radical (unpaired) electrons. The molecule has 0 fully saturated rings. The summed E-state index contributed by atoms with van der Waals surface area (Å²) in [5.41, 5.74) is 18.4. The van der Waals surface area contributed by atoms with E-state index in [1.807, 2.05) is 32.0 Å². The minimum absolute atomic E-state index is 0.0987. The second kappa shape index (κ2) is 5.39. The summed E-state index contributed by atoms with van der Waals surface area (Å²) in [5.74, 6) is 0. The van der Waals surface area contributed by atoms with Gasteiger partial charge in [0.15, 0.2) is 0 Å². The monoisotopic (exact) mass is 222 g/mol. The van der Waals surface area contributed by atoms with E-state index < -0.39 is 5.54 Å². The summed E-state index contributed by atoms with van der Waals surface area (Å²) < 4.78 is 0. The molecule has 0 bridgehead atoms. The van der Waals surface area contributed by atoms with Gasteiger partial charge in [0.2, 0.25) is 0 Å². The molecule has 0 aliphatic heterocycles. The highest BCUT2D eigenvalue weighted by Crippen LogP contribution is 2.21. The van der Waals surface area contributed by atoms with E-state index in [9.17, 15) is 0 Å². The van der Waals surface area contributed by atoms with Gasteiger partial charge in [0.1, 0.15) is 0 Å². The molecule has 4 nitrogen and oxygen atoms in total. The maximum Gasteiger partial charge on any atom is 0.0708 e. The third-order valence-electron chi connectivity index (χ3n) is 3.07. The molecule has 0 saturated carbocycles. The Bertz CT molecular complexity index is 310. The first-order valence-corrected chi connectivity index (χ1v) is 5.70. The van der Waals surface area contributed by atoms with E-state index in [4.69, 9.17) is 17.2 Å². The van der Waals surface area contributed by atoms with Crippen molar-refractivity contribution in [3.05, 3.63) is 30.1 Å². The molecule has 3 atom stereocenters. The van der Waals surface area contributed by atoms with E-state index in [1.165, 1.54) is 0 Å². The molecule has 0 aromatic carbocycles. The van der Waals surface area contributed by atoms with Crippen molar-refractivity contribution in [3.63, 3.8) is 0 Å². The van der Waals surface area contributed by atoms with Crippen LogP contribution in [-0.2, 0) is 5.54 Å². The van der Waals surface area contributed by atoms with Crippen LogP contribution in [0.25, 0.3) is 0 Å². The highest BCUT2D eigenvalue weighted by Gasteiger charge is 2.31. The van der Waals surface area contributed by atoms with Gasteiger partial charge < -0.3 is 17.2 Å². The molecule has 6 N–H and O–H groups in total. The summed E-state index contributed by atoms with van der Waals surface area (Å²) in [6.07, 6.45) is 3.35. The zero-order valence-corrected chi connectivity index (χ0v) is 10.1. The predicted molar refractivity (Wildman–Crippen MR) is 66.6 cm³/mol. The lowest BCUT2D eigenvalue weighted by atomic mass is 9.85. The molecule has 1 rings (SSSR count). The van der Waals surface area contributed by atoms with Crippen molar-refractivity contribution in [2.45, 2.75) is 44.3 Å². The van der Waals surface area contributed by atoms with Crippen LogP contribution >= 0.6 is 0 Å². The van der Waals surface area contributed by atoms with Crippen molar-refractivity contribution >= 4 is 0 Å². The fourth-order valence-electron chi connectivity index (χ4n) is 1.61. The topological polar surface area (TPSA) is 91.0 Å². The molecule has 1 aromatic heterocycles. The third kappa shape index (κ3) is 3.01. The molecule has 1 heterocycles. The normalized spacial score (nSPS) is 18.8. The van der Waals surface area contributed by atoms with Crippen molar-refractivity contribution in [2.75, 3.05) is 0 Å². The van der Waals surface area contributed by atoms with E-state index in [-0.39, 0.29) is 12.1 Å². The van der Waals surface area contributed by atoms with Gasteiger partial charge in [-0.05, 0) is 31.9 Å². The van der Waals surface area contributed by atoms with Gasteiger partial charge in [0.05, 0.1) is 11.2 Å². The van der Waals surface area contributed by atoms with Crippen LogP contribution in [-0.4, -0.2) is 17.1 Å². The molecular weight excluding hydrogens is 200 g/mol. The zero-order chi connectivity index (χ0) is 12.2. The van der Waals surface area contributed by atoms with Crippen molar-refractivity contribution in [1.29, 1.82) is 0 Å². The summed E-state index contributed by atoms with van der Waals surface area (Å²) in [5, 5.41) is 0. The first-order chi connectivity index (χ1) is 7.48. The van der Waals surface area contributed by atoms with Crippen LogP contribution in [0.2, 0.25) is 0 Å². The van der Waals surface area contributed by atoms with Gasteiger partial charge in [-0.2, -0.15) is 0 Å². The Kier molecular flexibility index (Phi) is 4.41. The first-order valence-electron chi connectivity index (χ1n) is 5.70. The standard InChI is InChI=1S/C12H22N4/c1-3-9(13)8-10(14)12(2,15)11-6-4-5-7-16-11/h4-7,9-10H,3,8,13-15H2,1-2H3. The number of aromatic nitrogens is 1.